The van der Waals surface area contributed by atoms with Crippen LogP contribution in [0.4, 0.5) is 0 Å². The van der Waals surface area contributed by atoms with Gasteiger partial charge in [-0.3, -0.25) is 4.90 Å². The van der Waals surface area contributed by atoms with Crippen molar-refractivity contribution in [2.75, 3.05) is 13.1 Å². The standard InChI is InChI=1S/C14H28N2/c1-5-6-11(2)16-10-14(4,13-7-8-13)15-9-12(16)3/h11-13,15H,5-10H2,1-4H3. The fourth-order valence-electron chi connectivity index (χ4n) is 3.26. The van der Waals surface area contributed by atoms with E-state index in [1.807, 2.05) is 0 Å². The minimum atomic E-state index is 0.397. The predicted molar refractivity (Wildman–Crippen MR) is 69.7 cm³/mol. The highest BCUT2D eigenvalue weighted by atomic mass is 15.3. The third-order valence-electron chi connectivity index (χ3n) is 4.63. The molecular weight excluding hydrogens is 196 g/mol. The quantitative estimate of drug-likeness (QED) is 0.790. The third-order valence-corrected chi connectivity index (χ3v) is 4.63. The van der Waals surface area contributed by atoms with Gasteiger partial charge in [-0.1, -0.05) is 13.3 Å². The summed E-state index contributed by atoms with van der Waals surface area (Å²) in [4.78, 5) is 2.73. The van der Waals surface area contributed by atoms with Gasteiger partial charge in [0, 0.05) is 30.7 Å². The summed E-state index contributed by atoms with van der Waals surface area (Å²) in [6.45, 7) is 11.9. The van der Waals surface area contributed by atoms with Crippen molar-refractivity contribution in [3.63, 3.8) is 0 Å². The molecule has 0 aromatic heterocycles. The highest BCUT2D eigenvalue weighted by Gasteiger charge is 2.45. The highest BCUT2D eigenvalue weighted by Crippen LogP contribution is 2.41. The van der Waals surface area contributed by atoms with Gasteiger partial charge in [0.15, 0.2) is 0 Å². The van der Waals surface area contributed by atoms with E-state index in [0.29, 0.717) is 11.6 Å². The molecule has 2 aliphatic rings. The van der Waals surface area contributed by atoms with Gasteiger partial charge in [-0.25, -0.2) is 0 Å². The van der Waals surface area contributed by atoms with Crippen LogP contribution < -0.4 is 5.32 Å². The Bertz CT molecular complexity index is 237. The molecule has 94 valence electrons. The normalized spacial score (nSPS) is 38.6. The van der Waals surface area contributed by atoms with Gasteiger partial charge in [0.25, 0.3) is 0 Å². The topological polar surface area (TPSA) is 15.3 Å². The monoisotopic (exact) mass is 224 g/mol. The maximum absolute atomic E-state index is 3.79. The van der Waals surface area contributed by atoms with Crippen LogP contribution in [0.3, 0.4) is 0 Å². The van der Waals surface area contributed by atoms with Crippen molar-refractivity contribution in [1.82, 2.24) is 10.2 Å². The molecule has 1 saturated carbocycles. The molecule has 3 atom stereocenters. The van der Waals surface area contributed by atoms with E-state index >= 15 is 0 Å². The largest absolute Gasteiger partial charge is 0.308 e. The Balaban J connectivity index is 1.99. The lowest BCUT2D eigenvalue weighted by molar-refractivity contribution is 0.0489. The number of piperazine rings is 1. The van der Waals surface area contributed by atoms with E-state index in [1.165, 1.54) is 38.8 Å². The van der Waals surface area contributed by atoms with E-state index < -0.39 is 0 Å². The summed E-state index contributed by atoms with van der Waals surface area (Å²) >= 11 is 0. The van der Waals surface area contributed by atoms with Gasteiger partial charge in [-0.15, -0.1) is 0 Å². The van der Waals surface area contributed by atoms with Crippen LogP contribution in [0.15, 0.2) is 0 Å². The third kappa shape index (κ3) is 2.43. The van der Waals surface area contributed by atoms with E-state index in [9.17, 15) is 0 Å². The van der Waals surface area contributed by atoms with Crippen LogP contribution in [0.1, 0.15) is 53.4 Å². The number of nitrogens with one attached hydrogen (secondary N) is 1. The van der Waals surface area contributed by atoms with Gasteiger partial charge in [0.1, 0.15) is 0 Å². The summed E-state index contributed by atoms with van der Waals surface area (Å²) in [7, 11) is 0. The van der Waals surface area contributed by atoms with E-state index in [0.717, 1.165) is 12.0 Å². The zero-order chi connectivity index (χ0) is 11.8. The Kier molecular flexibility index (Phi) is 3.60. The summed E-state index contributed by atoms with van der Waals surface area (Å²) in [6, 6.07) is 1.45. The van der Waals surface area contributed by atoms with Crippen LogP contribution >= 0.6 is 0 Å². The fourth-order valence-corrected chi connectivity index (χ4v) is 3.26. The van der Waals surface area contributed by atoms with Crippen molar-refractivity contribution >= 4 is 0 Å². The first-order valence-corrected chi connectivity index (χ1v) is 7.07. The average molecular weight is 224 g/mol. The SMILES string of the molecule is CCCC(C)N1CC(C)(C2CC2)NCC1C. The van der Waals surface area contributed by atoms with E-state index in [1.54, 1.807) is 0 Å². The molecule has 2 heteroatoms. The number of hydrogen-bond acceptors (Lipinski definition) is 2. The molecule has 2 fully saturated rings. The molecule has 1 N–H and O–H groups in total. The molecular formula is C14H28N2. The van der Waals surface area contributed by atoms with Gasteiger partial charge in [0.2, 0.25) is 0 Å². The van der Waals surface area contributed by atoms with Crippen LogP contribution in [-0.4, -0.2) is 35.6 Å². The molecule has 0 spiro atoms. The second-order valence-corrected chi connectivity index (χ2v) is 6.23. The fraction of sp³-hybridized carbons (Fsp3) is 1.00. The smallest absolute Gasteiger partial charge is 0.0309 e. The number of rotatable bonds is 4. The second-order valence-electron chi connectivity index (χ2n) is 6.23. The summed E-state index contributed by atoms with van der Waals surface area (Å²) in [5, 5.41) is 3.79. The molecule has 0 radical (unpaired) electrons. The van der Waals surface area contributed by atoms with Crippen molar-refractivity contribution in [3.8, 4) is 0 Å². The van der Waals surface area contributed by atoms with Crippen LogP contribution in [0.2, 0.25) is 0 Å². The van der Waals surface area contributed by atoms with Crippen molar-refractivity contribution in [1.29, 1.82) is 0 Å². The zero-order valence-electron chi connectivity index (χ0n) is 11.4. The Hall–Kier alpha value is -0.0800. The molecule has 2 rings (SSSR count). The minimum Gasteiger partial charge on any atom is -0.308 e. The van der Waals surface area contributed by atoms with Gasteiger partial charge in [-0.2, -0.15) is 0 Å². The lowest BCUT2D eigenvalue weighted by Crippen LogP contribution is -2.64. The van der Waals surface area contributed by atoms with Crippen molar-refractivity contribution in [3.05, 3.63) is 0 Å². The molecule has 16 heavy (non-hydrogen) atoms. The first kappa shape index (κ1) is 12.4. The second kappa shape index (κ2) is 4.66. The molecule has 1 aliphatic carbocycles. The number of hydrogen-bond donors (Lipinski definition) is 1. The number of nitrogens with zero attached hydrogens (tertiary/aromatic N) is 1. The molecule has 1 aliphatic heterocycles. The van der Waals surface area contributed by atoms with Crippen molar-refractivity contribution < 1.29 is 0 Å². The Morgan fingerprint density at radius 3 is 2.69 bits per heavy atom. The van der Waals surface area contributed by atoms with Crippen LogP contribution in [-0.2, 0) is 0 Å². The zero-order valence-corrected chi connectivity index (χ0v) is 11.4. The van der Waals surface area contributed by atoms with E-state index in [4.69, 9.17) is 0 Å². The van der Waals surface area contributed by atoms with Crippen molar-refractivity contribution in [2.45, 2.75) is 71.0 Å². The maximum Gasteiger partial charge on any atom is 0.0309 e. The van der Waals surface area contributed by atoms with Gasteiger partial charge >= 0.3 is 0 Å². The van der Waals surface area contributed by atoms with Gasteiger partial charge in [-0.05, 0) is 46.0 Å². The molecule has 0 bridgehead atoms. The molecule has 0 aromatic carbocycles. The summed E-state index contributed by atoms with van der Waals surface area (Å²) in [5.74, 6) is 0.941. The lowest BCUT2D eigenvalue weighted by Gasteiger charge is -2.48. The lowest BCUT2D eigenvalue weighted by atomic mass is 9.90. The Labute approximate surface area is 101 Å². The molecule has 0 aromatic rings. The van der Waals surface area contributed by atoms with E-state index in [2.05, 4.69) is 37.9 Å². The van der Waals surface area contributed by atoms with E-state index in [-0.39, 0.29) is 0 Å². The van der Waals surface area contributed by atoms with Crippen LogP contribution in [0.5, 0.6) is 0 Å². The van der Waals surface area contributed by atoms with Gasteiger partial charge < -0.3 is 5.32 Å². The average Bonchev–Trinajstić information content (AvgIpc) is 3.06. The minimum absolute atomic E-state index is 0.397. The Morgan fingerprint density at radius 1 is 1.44 bits per heavy atom. The van der Waals surface area contributed by atoms with Crippen LogP contribution in [0.25, 0.3) is 0 Å². The van der Waals surface area contributed by atoms with Gasteiger partial charge in [0.05, 0.1) is 0 Å². The highest BCUT2D eigenvalue weighted by molar-refractivity contribution is 5.04. The van der Waals surface area contributed by atoms with Crippen LogP contribution in [0, 0.1) is 5.92 Å². The summed E-state index contributed by atoms with van der Waals surface area (Å²) < 4.78 is 0. The summed E-state index contributed by atoms with van der Waals surface area (Å²) in [6.07, 6.45) is 5.52. The molecule has 3 unspecified atom stereocenters. The maximum atomic E-state index is 3.79. The first-order chi connectivity index (χ1) is 7.57. The Morgan fingerprint density at radius 2 is 2.12 bits per heavy atom. The molecule has 1 heterocycles. The van der Waals surface area contributed by atoms with Crippen molar-refractivity contribution in [2.24, 2.45) is 5.92 Å². The predicted octanol–water partition coefficient (Wildman–Crippen LogP) is 2.64. The summed E-state index contributed by atoms with van der Waals surface area (Å²) in [5.41, 5.74) is 0.397. The molecule has 1 saturated heterocycles. The first-order valence-electron chi connectivity index (χ1n) is 7.07. The molecule has 0 amide bonds. The molecule has 2 nitrogen and oxygen atoms in total.